The molecule has 1 saturated heterocycles. The van der Waals surface area contributed by atoms with Gasteiger partial charge in [0.15, 0.2) is 5.13 Å². The molecule has 2 aromatic heterocycles. The third-order valence-electron chi connectivity index (χ3n) is 4.95. The summed E-state index contributed by atoms with van der Waals surface area (Å²) in [6.45, 7) is 2.58. The van der Waals surface area contributed by atoms with Gasteiger partial charge in [-0.15, -0.1) is 22.7 Å². The van der Waals surface area contributed by atoms with Gasteiger partial charge in [0.05, 0.1) is 4.88 Å². The Morgan fingerprint density at radius 2 is 2.21 bits per heavy atom. The highest BCUT2D eigenvalue weighted by Crippen LogP contribution is 2.26. The smallest absolute Gasteiger partial charge is 0.264 e. The zero-order chi connectivity index (χ0) is 20.4. The van der Waals surface area contributed by atoms with Crippen LogP contribution in [0.5, 0.6) is 0 Å². The minimum atomic E-state index is -0.451. The number of aromatic nitrogens is 1. The van der Waals surface area contributed by atoms with Crippen molar-refractivity contribution in [3.63, 3.8) is 0 Å². The van der Waals surface area contributed by atoms with Gasteiger partial charge in [-0.1, -0.05) is 29.8 Å². The van der Waals surface area contributed by atoms with Crippen molar-refractivity contribution >= 4 is 51.2 Å². The van der Waals surface area contributed by atoms with E-state index in [9.17, 15) is 9.59 Å². The predicted octanol–water partition coefficient (Wildman–Crippen LogP) is 5.00. The van der Waals surface area contributed by atoms with E-state index in [0.717, 1.165) is 27.4 Å². The number of anilines is 1. The van der Waals surface area contributed by atoms with Crippen molar-refractivity contribution in [2.24, 2.45) is 0 Å². The standard InChI is InChI=1S/C21H20ClN3O2S2/c1-13-6-7-14(11-16(13)22)10-15-12-23-21(29-15)24-19(26)17-4-2-8-25(17)20(27)18-5-3-9-28-18/h3,5-7,9,11-12,17H,2,4,8,10H2,1H3,(H,23,24,26)/t17-/m0/s1. The molecule has 1 aliphatic heterocycles. The van der Waals surface area contributed by atoms with E-state index >= 15 is 0 Å². The summed E-state index contributed by atoms with van der Waals surface area (Å²) in [5.41, 5.74) is 2.15. The summed E-state index contributed by atoms with van der Waals surface area (Å²) < 4.78 is 0. The van der Waals surface area contributed by atoms with Crippen molar-refractivity contribution in [3.8, 4) is 0 Å². The van der Waals surface area contributed by atoms with Crippen LogP contribution in [-0.2, 0) is 11.2 Å². The number of hydrogen-bond acceptors (Lipinski definition) is 5. The number of aryl methyl sites for hydroxylation is 1. The molecule has 0 saturated carbocycles. The van der Waals surface area contributed by atoms with E-state index in [1.807, 2.05) is 36.6 Å². The Hall–Kier alpha value is -2.22. The summed E-state index contributed by atoms with van der Waals surface area (Å²) in [6.07, 6.45) is 3.98. The van der Waals surface area contributed by atoms with Crippen molar-refractivity contribution in [3.05, 3.63) is 67.8 Å². The van der Waals surface area contributed by atoms with Gasteiger partial charge in [0.2, 0.25) is 5.91 Å². The molecule has 150 valence electrons. The maximum Gasteiger partial charge on any atom is 0.264 e. The van der Waals surface area contributed by atoms with Crippen LogP contribution in [0.3, 0.4) is 0 Å². The summed E-state index contributed by atoms with van der Waals surface area (Å²) in [5.74, 6) is -0.250. The van der Waals surface area contributed by atoms with Gasteiger partial charge < -0.3 is 10.2 Å². The van der Waals surface area contributed by atoms with E-state index in [0.29, 0.717) is 29.4 Å². The molecule has 1 fully saturated rings. The van der Waals surface area contributed by atoms with Crippen molar-refractivity contribution in [2.75, 3.05) is 11.9 Å². The van der Waals surface area contributed by atoms with E-state index in [1.165, 1.54) is 22.7 Å². The molecule has 3 heterocycles. The monoisotopic (exact) mass is 445 g/mol. The molecule has 29 heavy (non-hydrogen) atoms. The number of thiophene rings is 1. The first-order valence-corrected chi connectivity index (χ1v) is 11.4. The van der Waals surface area contributed by atoms with Gasteiger partial charge >= 0.3 is 0 Å². The summed E-state index contributed by atoms with van der Waals surface area (Å²) in [7, 11) is 0. The molecule has 3 aromatic rings. The summed E-state index contributed by atoms with van der Waals surface area (Å²) >= 11 is 9.05. The molecule has 0 aliphatic carbocycles. The largest absolute Gasteiger partial charge is 0.326 e. The number of thiazole rings is 1. The number of halogens is 1. The van der Waals surface area contributed by atoms with Gasteiger partial charge in [0, 0.05) is 29.1 Å². The first kappa shape index (κ1) is 20.1. The molecule has 0 bridgehead atoms. The minimum absolute atomic E-state index is 0.0753. The summed E-state index contributed by atoms with van der Waals surface area (Å²) in [4.78, 5) is 33.2. The van der Waals surface area contributed by atoms with Gasteiger partial charge in [0.1, 0.15) is 6.04 Å². The Bertz CT molecular complexity index is 1030. The highest BCUT2D eigenvalue weighted by molar-refractivity contribution is 7.15. The van der Waals surface area contributed by atoms with Crippen LogP contribution in [0.1, 0.15) is 38.5 Å². The molecule has 1 aromatic carbocycles. The van der Waals surface area contributed by atoms with E-state index < -0.39 is 6.04 Å². The quantitative estimate of drug-likeness (QED) is 0.601. The third kappa shape index (κ3) is 4.52. The number of hydrogen-bond donors (Lipinski definition) is 1. The van der Waals surface area contributed by atoms with Crippen LogP contribution >= 0.6 is 34.3 Å². The zero-order valence-electron chi connectivity index (χ0n) is 15.9. The van der Waals surface area contributed by atoms with Crippen LogP contribution in [0.25, 0.3) is 0 Å². The van der Waals surface area contributed by atoms with Crippen molar-refractivity contribution in [1.29, 1.82) is 0 Å². The highest BCUT2D eigenvalue weighted by Gasteiger charge is 2.35. The van der Waals surface area contributed by atoms with Crippen LogP contribution in [0.15, 0.2) is 41.9 Å². The van der Waals surface area contributed by atoms with E-state index in [-0.39, 0.29) is 11.8 Å². The fourth-order valence-electron chi connectivity index (χ4n) is 3.41. The molecule has 5 nitrogen and oxygen atoms in total. The lowest BCUT2D eigenvalue weighted by atomic mass is 10.1. The van der Waals surface area contributed by atoms with Crippen LogP contribution in [0, 0.1) is 6.92 Å². The normalized spacial score (nSPS) is 16.2. The van der Waals surface area contributed by atoms with Crippen molar-refractivity contribution in [2.45, 2.75) is 32.2 Å². The number of nitrogens with zero attached hydrogens (tertiary/aromatic N) is 2. The van der Waals surface area contributed by atoms with Crippen LogP contribution in [0.2, 0.25) is 5.02 Å². The van der Waals surface area contributed by atoms with Gasteiger partial charge in [-0.3, -0.25) is 9.59 Å². The second-order valence-corrected chi connectivity index (χ2v) is 9.49. The first-order chi connectivity index (χ1) is 14.0. The molecule has 1 aliphatic rings. The highest BCUT2D eigenvalue weighted by atomic mass is 35.5. The molecule has 0 radical (unpaired) electrons. The molecule has 1 atom stereocenters. The number of nitrogens with one attached hydrogen (secondary N) is 1. The third-order valence-corrected chi connectivity index (χ3v) is 7.12. The number of amides is 2. The average molecular weight is 446 g/mol. The number of rotatable bonds is 5. The molecular weight excluding hydrogens is 426 g/mol. The number of likely N-dealkylation sites (tertiary alicyclic amines) is 1. The number of carbonyl (C=O) groups is 2. The molecule has 0 unspecified atom stereocenters. The fraction of sp³-hybridized carbons (Fsp3) is 0.286. The predicted molar refractivity (Wildman–Crippen MR) is 118 cm³/mol. The van der Waals surface area contributed by atoms with Crippen LogP contribution in [0.4, 0.5) is 5.13 Å². The number of carbonyl (C=O) groups excluding carboxylic acids is 2. The van der Waals surface area contributed by atoms with Crippen molar-refractivity contribution in [1.82, 2.24) is 9.88 Å². The van der Waals surface area contributed by atoms with Gasteiger partial charge in [-0.25, -0.2) is 4.98 Å². The average Bonchev–Trinajstić information content (AvgIpc) is 3.45. The van der Waals surface area contributed by atoms with E-state index in [2.05, 4.69) is 10.3 Å². The first-order valence-electron chi connectivity index (χ1n) is 9.36. The summed E-state index contributed by atoms with van der Waals surface area (Å²) in [6, 6.07) is 9.20. The second-order valence-electron chi connectivity index (χ2n) is 7.02. The molecule has 8 heteroatoms. The molecule has 0 spiro atoms. The Balaban J connectivity index is 1.40. The topological polar surface area (TPSA) is 62.3 Å². The van der Waals surface area contributed by atoms with Crippen LogP contribution in [-0.4, -0.2) is 34.3 Å². The SMILES string of the molecule is Cc1ccc(Cc2cnc(NC(=O)[C@@H]3CCCN3C(=O)c3cccs3)s2)cc1Cl. The molecule has 4 rings (SSSR count). The maximum atomic E-state index is 12.8. The maximum absolute atomic E-state index is 12.8. The lowest BCUT2D eigenvalue weighted by molar-refractivity contribution is -0.119. The number of benzene rings is 1. The summed E-state index contributed by atoms with van der Waals surface area (Å²) in [5, 5.41) is 6.07. The Kier molecular flexibility index (Phi) is 5.99. The second kappa shape index (κ2) is 8.65. The zero-order valence-corrected chi connectivity index (χ0v) is 18.2. The molecular formula is C21H20ClN3O2S2. The van der Waals surface area contributed by atoms with Crippen molar-refractivity contribution < 1.29 is 9.59 Å². The van der Waals surface area contributed by atoms with E-state index in [1.54, 1.807) is 17.2 Å². The van der Waals surface area contributed by atoms with Gasteiger partial charge in [-0.2, -0.15) is 0 Å². The molecule has 2 amide bonds. The Labute approximate surface area is 182 Å². The van der Waals surface area contributed by atoms with E-state index in [4.69, 9.17) is 11.6 Å². The Morgan fingerprint density at radius 1 is 1.34 bits per heavy atom. The van der Waals surface area contributed by atoms with Gasteiger partial charge in [0.25, 0.3) is 5.91 Å². The fourth-order valence-corrected chi connectivity index (χ4v) is 5.14. The molecule has 1 N–H and O–H groups in total. The minimum Gasteiger partial charge on any atom is -0.326 e. The lowest BCUT2D eigenvalue weighted by Crippen LogP contribution is -2.42. The Morgan fingerprint density at radius 3 is 2.97 bits per heavy atom. The lowest BCUT2D eigenvalue weighted by Gasteiger charge is -2.22. The van der Waals surface area contributed by atoms with Crippen LogP contribution < -0.4 is 5.32 Å². The van der Waals surface area contributed by atoms with Gasteiger partial charge in [-0.05, 0) is 48.4 Å².